The van der Waals surface area contributed by atoms with Crippen molar-refractivity contribution in [2.45, 2.75) is 46.1 Å². The van der Waals surface area contributed by atoms with Gasteiger partial charge in [0.25, 0.3) is 0 Å². The van der Waals surface area contributed by atoms with Crippen LogP contribution in [0.25, 0.3) is 0 Å². The van der Waals surface area contributed by atoms with Crippen molar-refractivity contribution in [2.75, 3.05) is 29.1 Å². The average molecular weight is 278 g/mol. The van der Waals surface area contributed by atoms with Gasteiger partial charge < -0.3 is 16.1 Å². The summed E-state index contributed by atoms with van der Waals surface area (Å²) in [5, 5.41) is 0. The van der Waals surface area contributed by atoms with E-state index >= 15 is 0 Å². The van der Waals surface area contributed by atoms with Crippen LogP contribution < -0.4 is 21.5 Å². The predicted molar refractivity (Wildman–Crippen MR) is 83.6 cm³/mol. The molecule has 1 fully saturated rings. The molecule has 0 bridgehead atoms. The van der Waals surface area contributed by atoms with E-state index < -0.39 is 0 Å². The fourth-order valence-corrected chi connectivity index (χ4v) is 2.20. The molecule has 0 spiro atoms. The number of nitrogens with zero attached hydrogens (tertiary/aromatic N) is 3. The first-order chi connectivity index (χ1) is 9.37. The third-order valence-corrected chi connectivity index (χ3v) is 3.50. The van der Waals surface area contributed by atoms with Gasteiger partial charge in [-0.1, -0.05) is 6.92 Å². The van der Waals surface area contributed by atoms with Crippen LogP contribution in [0.4, 0.5) is 17.3 Å². The van der Waals surface area contributed by atoms with Gasteiger partial charge in [0.2, 0.25) is 0 Å². The Bertz CT molecular complexity index is 445. The molecule has 0 amide bonds. The van der Waals surface area contributed by atoms with Gasteiger partial charge in [-0.25, -0.2) is 15.4 Å². The molecule has 6 nitrogen and oxygen atoms in total. The Hall–Kier alpha value is -1.56. The SMILES string of the molecule is CC1CCN(c2ncnc(NNC(C)(C)C)c2N)CC1. The zero-order valence-corrected chi connectivity index (χ0v) is 12.9. The Labute approximate surface area is 121 Å². The summed E-state index contributed by atoms with van der Waals surface area (Å²) in [5.74, 6) is 2.27. The second-order valence-electron chi connectivity index (χ2n) is 6.63. The minimum Gasteiger partial charge on any atom is -0.393 e. The molecule has 2 rings (SSSR count). The maximum atomic E-state index is 6.21. The van der Waals surface area contributed by atoms with Crippen LogP contribution in [-0.2, 0) is 0 Å². The van der Waals surface area contributed by atoms with Crippen LogP contribution in [0, 0.1) is 5.92 Å². The highest BCUT2D eigenvalue weighted by atomic mass is 15.4. The molecule has 20 heavy (non-hydrogen) atoms. The number of aromatic nitrogens is 2. The second kappa shape index (κ2) is 5.83. The Morgan fingerprint density at radius 2 is 1.90 bits per heavy atom. The molecule has 1 aromatic rings. The Balaban J connectivity index is 2.11. The second-order valence-corrected chi connectivity index (χ2v) is 6.63. The fourth-order valence-electron chi connectivity index (χ4n) is 2.20. The summed E-state index contributed by atoms with van der Waals surface area (Å²) in [5.41, 5.74) is 13.0. The molecule has 1 saturated heterocycles. The van der Waals surface area contributed by atoms with E-state index in [0.717, 1.165) is 24.8 Å². The van der Waals surface area contributed by atoms with Crippen molar-refractivity contribution in [2.24, 2.45) is 5.92 Å². The molecule has 1 aliphatic rings. The highest BCUT2D eigenvalue weighted by Crippen LogP contribution is 2.29. The van der Waals surface area contributed by atoms with Crippen LogP contribution in [0.2, 0.25) is 0 Å². The van der Waals surface area contributed by atoms with Crippen LogP contribution in [0.5, 0.6) is 0 Å². The number of hydrogen-bond donors (Lipinski definition) is 3. The molecule has 0 aliphatic carbocycles. The van der Waals surface area contributed by atoms with Crippen molar-refractivity contribution >= 4 is 17.3 Å². The average Bonchev–Trinajstić information content (AvgIpc) is 2.38. The van der Waals surface area contributed by atoms with Gasteiger partial charge in [0.15, 0.2) is 11.6 Å². The summed E-state index contributed by atoms with van der Waals surface area (Å²) >= 11 is 0. The van der Waals surface area contributed by atoms with E-state index in [2.05, 4.69) is 53.4 Å². The Kier molecular flexibility index (Phi) is 4.32. The van der Waals surface area contributed by atoms with Crippen molar-refractivity contribution in [1.82, 2.24) is 15.4 Å². The van der Waals surface area contributed by atoms with Crippen molar-refractivity contribution in [1.29, 1.82) is 0 Å². The lowest BCUT2D eigenvalue weighted by Gasteiger charge is -2.32. The minimum atomic E-state index is -0.0574. The first-order valence-electron chi connectivity index (χ1n) is 7.25. The largest absolute Gasteiger partial charge is 0.393 e. The lowest BCUT2D eigenvalue weighted by Crippen LogP contribution is -2.41. The van der Waals surface area contributed by atoms with Crippen LogP contribution in [0.3, 0.4) is 0 Å². The maximum absolute atomic E-state index is 6.21. The van der Waals surface area contributed by atoms with Crippen molar-refractivity contribution in [3.05, 3.63) is 6.33 Å². The van der Waals surface area contributed by atoms with E-state index in [4.69, 9.17) is 5.73 Å². The number of rotatable bonds is 3. The highest BCUT2D eigenvalue weighted by Gasteiger charge is 2.20. The van der Waals surface area contributed by atoms with Crippen LogP contribution in [0.1, 0.15) is 40.5 Å². The summed E-state index contributed by atoms with van der Waals surface area (Å²) in [4.78, 5) is 10.8. The van der Waals surface area contributed by atoms with E-state index in [1.54, 1.807) is 6.33 Å². The summed E-state index contributed by atoms with van der Waals surface area (Å²) < 4.78 is 0. The molecular formula is C14H26N6. The van der Waals surface area contributed by atoms with Crippen molar-refractivity contribution in [3.63, 3.8) is 0 Å². The molecule has 6 heteroatoms. The van der Waals surface area contributed by atoms with Gasteiger partial charge in [0, 0.05) is 18.6 Å². The number of nitrogens with one attached hydrogen (secondary N) is 2. The molecular weight excluding hydrogens is 252 g/mol. The molecule has 1 aromatic heterocycles. The van der Waals surface area contributed by atoms with Crippen LogP contribution in [0.15, 0.2) is 6.33 Å². The molecule has 2 heterocycles. The van der Waals surface area contributed by atoms with E-state index in [-0.39, 0.29) is 5.54 Å². The van der Waals surface area contributed by atoms with E-state index in [1.165, 1.54) is 12.8 Å². The van der Waals surface area contributed by atoms with Gasteiger partial charge in [-0.3, -0.25) is 0 Å². The normalized spacial score (nSPS) is 17.3. The zero-order valence-electron chi connectivity index (χ0n) is 12.9. The summed E-state index contributed by atoms with van der Waals surface area (Å²) in [6.07, 6.45) is 3.94. The number of piperidine rings is 1. The third kappa shape index (κ3) is 3.72. The Morgan fingerprint density at radius 3 is 2.50 bits per heavy atom. The van der Waals surface area contributed by atoms with E-state index in [1.807, 2.05) is 0 Å². The maximum Gasteiger partial charge on any atom is 0.169 e. The number of nitrogen functional groups attached to an aromatic ring is 1. The molecule has 0 saturated carbocycles. The summed E-state index contributed by atoms with van der Waals surface area (Å²) in [6, 6.07) is 0. The van der Waals surface area contributed by atoms with Crippen molar-refractivity contribution in [3.8, 4) is 0 Å². The van der Waals surface area contributed by atoms with Gasteiger partial charge in [-0.05, 0) is 39.5 Å². The third-order valence-electron chi connectivity index (χ3n) is 3.50. The van der Waals surface area contributed by atoms with Gasteiger partial charge in [-0.2, -0.15) is 0 Å². The Morgan fingerprint density at radius 1 is 1.25 bits per heavy atom. The van der Waals surface area contributed by atoms with Crippen molar-refractivity contribution < 1.29 is 0 Å². The lowest BCUT2D eigenvalue weighted by molar-refractivity contribution is 0.436. The standard InChI is InChI=1S/C14H26N6/c1-10-5-7-20(8-6-10)13-11(15)12(16-9-17-13)18-19-14(2,3)4/h9-10,19H,5-8,15H2,1-4H3,(H,16,17,18). The summed E-state index contributed by atoms with van der Waals surface area (Å²) in [7, 11) is 0. The number of nitrogens with two attached hydrogens (primary N) is 1. The predicted octanol–water partition coefficient (Wildman–Crippen LogP) is 2.01. The monoisotopic (exact) mass is 278 g/mol. The zero-order chi connectivity index (χ0) is 14.8. The molecule has 112 valence electrons. The molecule has 0 radical (unpaired) electrons. The van der Waals surface area contributed by atoms with Gasteiger partial charge in [-0.15, -0.1) is 0 Å². The topological polar surface area (TPSA) is 79.1 Å². The first kappa shape index (κ1) is 14.8. The molecule has 0 aromatic carbocycles. The van der Waals surface area contributed by atoms with Gasteiger partial charge in [0.05, 0.1) is 0 Å². The van der Waals surface area contributed by atoms with Gasteiger partial charge >= 0.3 is 0 Å². The van der Waals surface area contributed by atoms with Gasteiger partial charge in [0.1, 0.15) is 12.0 Å². The van der Waals surface area contributed by atoms with Crippen LogP contribution in [-0.4, -0.2) is 28.6 Å². The molecule has 4 N–H and O–H groups in total. The fraction of sp³-hybridized carbons (Fsp3) is 0.714. The van der Waals surface area contributed by atoms with E-state index in [9.17, 15) is 0 Å². The number of anilines is 3. The minimum absolute atomic E-state index is 0.0574. The molecule has 0 atom stereocenters. The molecule has 1 aliphatic heterocycles. The number of hydrazine groups is 1. The highest BCUT2D eigenvalue weighted by molar-refractivity contribution is 5.74. The first-order valence-corrected chi connectivity index (χ1v) is 7.25. The quantitative estimate of drug-likeness (QED) is 0.734. The summed E-state index contributed by atoms with van der Waals surface area (Å²) in [6.45, 7) is 10.5. The molecule has 0 unspecified atom stereocenters. The number of hydrogen-bond acceptors (Lipinski definition) is 6. The lowest BCUT2D eigenvalue weighted by atomic mass is 9.99. The van der Waals surface area contributed by atoms with E-state index in [0.29, 0.717) is 11.5 Å². The van der Waals surface area contributed by atoms with Crippen LogP contribution >= 0.6 is 0 Å². The smallest absolute Gasteiger partial charge is 0.169 e.